The number of nitrogens with one attached hydrogen (secondary N) is 1. The number of rotatable bonds is 6. The molecule has 1 amide bonds. The molecule has 0 fully saturated rings. The molecule has 3 rings (SSSR count). The van der Waals surface area contributed by atoms with Crippen molar-refractivity contribution in [3.63, 3.8) is 0 Å². The van der Waals surface area contributed by atoms with Crippen LogP contribution >= 0.6 is 11.8 Å². The first-order valence-corrected chi connectivity index (χ1v) is 9.02. The number of amides is 1. The third-order valence-corrected chi connectivity index (χ3v) is 4.88. The lowest BCUT2D eigenvalue weighted by atomic mass is 10.1. The van der Waals surface area contributed by atoms with E-state index in [1.165, 1.54) is 30.8 Å². The highest BCUT2D eigenvalue weighted by Gasteiger charge is 2.18. The van der Waals surface area contributed by atoms with Crippen molar-refractivity contribution in [3.05, 3.63) is 47.7 Å². The molecule has 3 aromatic rings. The highest BCUT2D eigenvalue weighted by molar-refractivity contribution is 7.99. The van der Waals surface area contributed by atoms with Gasteiger partial charge in [0, 0.05) is 19.7 Å². The number of ketones is 1. The quantitative estimate of drug-likeness (QED) is 0.514. The van der Waals surface area contributed by atoms with Gasteiger partial charge < -0.3 is 14.3 Å². The molecule has 7 nitrogen and oxygen atoms in total. The number of aryl methyl sites for hydroxylation is 1. The van der Waals surface area contributed by atoms with Crippen LogP contribution in [0.4, 0.5) is 10.1 Å². The first-order chi connectivity index (χ1) is 12.9. The van der Waals surface area contributed by atoms with E-state index in [0.717, 1.165) is 17.4 Å². The topological polar surface area (TPSA) is 90.0 Å². The van der Waals surface area contributed by atoms with Crippen molar-refractivity contribution in [1.29, 1.82) is 0 Å². The van der Waals surface area contributed by atoms with E-state index >= 15 is 0 Å². The van der Waals surface area contributed by atoms with E-state index in [0.29, 0.717) is 16.7 Å². The molecule has 0 spiro atoms. The van der Waals surface area contributed by atoms with Crippen molar-refractivity contribution in [2.24, 2.45) is 7.05 Å². The number of anilines is 1. The van der Waals surface area contributed by atoms with Crippen LogP contribution in [0, 0.1) is 12.7 Å². The summed E-state index contributed by atoms with van der Waals surface area (Å²) in [5.74, 6) is -0.0147. The number of halogens is 1. The lowest BCUT2D eigenvalue weighted by Gasteiger charge is -2.06. The van der Waals surface area contributed by atoms with Gasteiger partial charge in [-0.3, -0.25) is 9.59 Å². The Morgan fingerprint density at radius 1 is 1.30 bits per heavy atom. The van der Waals surface area contributed by atoms with Gasteiger partial charge >= 0.3 is 0 Å². The minimum Gasteiger partial charge on any atom is -0.469 e. The fraction of sp³-hybridized carbons (Fsp3) is 0.222. The van der Waals surface area contributed by atoms with Crippen LogP contribution in [0.25, 0.3) is 11.4 Å². The highest BCUT2D eigenvalue weighted by Crippen LogP contribution is 2.26. The van der Waals surface area contributed by atoms with E-state index in [-0.39, 0.29) is 23.0 Å². The van der Waals surface area contributed by atoms with Gasteiger partial charge in [0.05, 0.1) is 23.1 Å². The van der Waals surface area contributed by atoms with Gasteiger partial charge in [-0.15, -0.1) is 10.2 Å². The summed E-state index contributed by atoms with van der Waals surface area (Å²) in [6.07, 6.45) is 1.57. The Morgan fingerprint density at radius 2 is 2.07 bits per heavy atom. The number of benzene rings is 1. The third kappa shape index (κ3) is 4.08. The molecular formula is C18H17FN4O3S. The van der Waals surface area contributed by atoms with E-state index in [1.54, 1.807) is 23.9 Å². The number of aromatic nitrogens is 3. The molecule has 0 saturated heterocycles. The molecule has 0 unspecified atom stereocenters. The molecular weight excluding hydrogens is 371 g/mol. The maximum atomic E-state index is 14.2. The number of Topliss-reactive ketones (excluding diaryl/α,β-unsaturated/α-hetero) is 1. The van der Waals surface area contributed by atoms with E-state index in [4.69, 9.17) is 4.42 Å². The number of furan rings is 1. The molecule has 0 aliphatic carbocycles. The van der Waals surface area contributed by atoms with Crippen LogP contribution in [0.3, 0.4) is 0 Å². The number of nitrogens with zero attached hydrogens (tertiary/aromatic N) is 3. The van der Waals surface area contributed by atoms with Gasteiger partial charge in [-0.2, -0.15) is 0 Å². The average Bonchev–Trinajstić information content (AvgIpc) is 3.17. The van der Waals surface area contributed by atoms with Gasteiger partial charge in [0.15, 0.2) is 16.8 Å². The SMILES string of the molecule is CC(=O)Nc1ccc(C(=O)CSc2nnc(-c3ccoc3C)n2C)c(F)c1. The van der Waals surface area contributed by atoms with Gasteiger partial charge in [0.25, 0.3) is 0 Å². The minimum atomic E-state index is -0.681. The third-order valence-electron chi connectivity index (χ3n) is 3.86. The number of carbonyl (C=O) groups excluding carboxylic acids is 2. The number of hydrogen-bond acceptors (Lipinski definition) is 6. The molecule has 2 aromatic heterocycles. The predicted octanol–water partition coefficient (Wildman–Crippen LogP) is 3.46. The van der Waals surface area contributed by atoms with Crippen molar-refractivity contribution in [1.82, 2.24) is 14.8 Å². The summed E-state index contributed by atoms with van der Waals surface area (Å²) in [5.41, 5.74) is 1.09. The summed E-state index contributed by atoms with van der Waals surface area (Å²) in [7, 11) is 1.79. The first-order valence-electron chi connectivity index (χ1n) is 8.04. The first kappa shape index (κ1) is 18.8. The van der Waals surface area contributed by atoms with Crippen LogP contribution < -0.4 is 5.32 Å². The Morgan fingerprint density at radius 3 is 2.70 bits per heavy atom. The number of hydrogen-bond donors (Lipinski definition) is 1. The molecule has 9 heteroatoms. The van der Waals surface area contributed by atoms with Crippen molar-refractivity contribution in [3.8, 4) is 11.4 Å². The highest BCUT2D eigenvalue weighted by atomic mass is 32.2. The zero-order valence-corrected chi connectivity index (χ0v) is 15.8. The molecule has 0 bridgehead atoms. The van der Waals surface area contributed by atoms with E-state index < -0.39 is 5.82 Å². The minimum absolute atomic E-state index is 0.00669. The van der Waals surface area contributed by atoms with Crippen LogP contribution in [-0.2, 0) is 11.8 Å². The normalized spacial score (nSPS) is 10.8. The van der Waals surface area contributed by atoms with E-state index in [1.807, 2.05) is 6.92 Å². The lowest BCUT2D eigenvalue weighted by molar-refractivity contribution is -0.114. The maximum Gasteiger partial charge on any atom is 0.221 e. The molecule has 1 N–H and O–H groups in total. The van der Waals surface area contributed by atoms with Gasteiger partial charge in [-0.1, -0.05) is 11.8 Å². The van der Waals surface area contributed by atoms with Gasteiger partial charge in [-0.05, 0) is 31.2 Å². The second kappa shape index (κ2) is 7.75. The zero-order chi connectivity index (χ0) is 19.6. The average molecular weight is 388 g/mol. The summed E-state index contributed by atoms with van der Waals surface area (Å²) in [6.45, 7) is 3.15. The molecule has 0 aliphatic rings. The van der Waals surface area contributed by atoms with Gasteiger partial charge in [-0.25, -0.2) is 4.39 Å². The Kier molecular flexibility index (Phi) is 5.41. The largest absolute Gasteiger partial charge is 0.469 e. The van der Waals surface area contributed by atoms with E-state index in [9.17, 15) is 14.0 Å². The number of thioether (sulfide) groups is 1. The molecule has 0 saturated carbocycles. The monoisotopic (exact) mass is 388 g/mol. The molecule has 0 atom stereocenters. The Labute approximate surface area is 159 Å². The summed E-state index contributed by atoms with van der Waals surface area (Å²) < 4.78 is 21.2. The maximum absolute atomic E-state index is 14.2. The van der Waals surface area contributed by atoms with Crippen LogP contribution in [0.15, 0.2) is 40.1 Å². The molecule has 0 radical (unpaired) electrons. The number of carbonyl (C=O) groups is 2. The van der Waals surface area contributed by atoms with Gasteiger partial charge in [0.1, 0.15) is 11.6 Å². The molecule has 2 heterocycles. The van der Waals surface area contributed by atoms with Crippen LogP contribution in [0.1, 0.15) is 23.0 Å². The van der Waals surface area contributed by atoms with Crippen LogP contribution in [0.2, 0.25) is 0 Å². The van der Waals surface area contributed by atoms with E-state index in [2.05, 4.69) is 15.5 Å². The summed E-state index contributed by atoms with van der Waals surface area (Å²) in [6, 6.07) is 5.78. The predicted molar refractivity (Wildman–Crippen MR) is 99.2 cm³/mol. The second-order valence-electron chi connectivity index (χ2n) is 5.84. The summed E-state index contributed by atoms with van der Waals surface area (Å²) >= 11 is 1.17. The smallest absolute Gasteiger partial charge is 0.221 e. The van der Waals surface area contributed by atoms with Crippen molar-refractivity contribution >= 4 is 29.1 Å². The zero-order valence-electron chi connectivity index (χ0n) is 14.9. The lowest BCUT2D eigenvalue weighted by Crippen LogP contribution is -2.09. The molecule has 1 aromatic carbocycles. The Balaban J connectivity index is 1.70. The molecule has 0 aliphatic heterocycles. The summed E-state index contributed by atoms with van der Waals surface area (Å²) in [5, 5.41) is 11.2. The summed E-state index contributed by atoms with van der Waals surface area (Å²) in [4.78, 5) is 23.4. The van der Waals surface area contributed by atoms with Crippen LogP contribution in [-0.4, -0.2) is 32.2 Å². The Bertz CT molecular complexity index is 1010. The fourth-order valence-corrected chi connectivity index (χ4v) is 3.32. The van der Waals surface area contributed by atoms with Crippen molar-refractivity contribution in [2.45, 2.75) is 19.0 Å². The van der Waals surface area contributed by atoms with Crippen molar-refractivity contribution < 1.29 is 18.4 Å². The van der Waals surface area contributed by atoms with Crippen LogP contribution in [0.5, 0.6) is 0 Å². The standard InChI is InChI=1S/C18H17FN4O3S/c1-10-13(6-7-26-10)17-21-22-18(23(17)3)27-9-16(25)14-5-4-12(8-15(14)19)20-11(2)24/h4-8H,9H2,1-3H3,(H,20,24). The Hall–Kier alpha value is -2.94. The molecule has 27 heavy (non-hydrogen) atoms. The van der Waals surface area contributed by atoms with Crippen molar-refractivity contribution in [2.75, 3.05) is 11.1 Å². The van der Waals surface area contributed by atoms with Gasteiger partial charge in [0.2, 0.25) is 5.91 Å². The second-order valence-corrected chi connectivity index (χ2v) is 6.79. The fourth-order valence-electron chi connectivity index (χ4n) is 2.52. The molecule has 140 valence electrons.